The minimum Gasteiger partial charge on any atom is -0.780 e. The minimum atomic E-state index is -6.62. The van der Waals surface area contributed by atoms with Crippen LogP contribution in [0.2, 0.25) is 0 Å². The molecule has 0 radical (unpaired) electrons. The number of phosphoric ester groups is 8. The van der Waals surface area contributed by atoms with Crippen LogP contribution in [0.15, 0.2) is 291 Å². The molecule has 0 saturated heterocycles. The molecule has 2 aliphatic rings. The van der Waals surface area contributed by atoms with Crippen LogP contribution in [-0.2, 0) is 36.5 Å². The van der Waals surface area contributed by atoms with Gasteiger partial charge in [0.05, 0.1) is 22.8 Å². The van der Waals surface area contributed by atoms with Crippen LogP contribution in [0.25, 0.3) is 222 Å². The molecule has 0 unspecified atom stereocenters. The molecule has 36 nitrogen and oxygen atoms in total. The van der Waals surface area contributed by atoms with Crippen LogP contribution >= 0.6 is 62.6 Å². The lowest BCUT2D eigenvalue weighted by Gasteiger charge is -2.34. The molecule has 0 spiro atoms. The van der Waals surface area contributed by atoms with Gasteiger partial charge in [0.2, 0.25) is 0 Å². The maximum Gasteiger partial charge on any atom is 0.140 e. The SMILES string of the molecule is O=P([O-])([O-])Oc1ccc2ccccc2c1-c1c(OP(=O)([O-])[O-])c(-c2c3nc(c(-c4cc5ccccc5c(-c5c(OP(=O)([O-])[O-])ccc6ccccc56)c4OP(=O)([O-])[O-])c4ccc([nH]4)c(-c4cc5ccccc5c(-c5c(OP(=O)([O-])[O-])ccc6ccccc56)c4OP(=O)([O-])[O-])c4nc(c(-c5cc6ccccc6c(-c6c(OP(=O)([O-])[O-])ccc7ccccc67)c5OP(=O)([O-])[O-])c5ccc2[nH]5)C=C4)C=C3)cc2ccccc12. The van der Waals surface area contributed by atoms with Gasteiger partial charge in [0.15, 0.2) is 0 Å². The van der Waals surface area contributed by atoms with E-state index in [1.54, 1.807) is 48.5 Å². The molecule has 16 aromatic carbocycles. The van der Waals surface area contributed by atoms with E-state index in [-0.39, 0.29) is 108 Å². The van der Waals surface area contributed by atoms with Crippen molar-refractivity contribution in [3.05, 3.63) is 314 Å². The summed E-state index contributed by atoms with van der Waals surface area (Å²) in [6.45, 7) is 0. The van der Waals surface area contributed by atoms with Gasteiger partial charge >= 0.3 is 0 Å². The van der Waals surface area contributed by atoms with E-state index in [1.807, 2.05) is 0 Å². The number of rotatable bonds is 24. The highest BCUT2D eigenvalue weighted by atomic mass is 31.2. The van der Waals surface area contributed by atoms with Crippen LogP contribution < -0.4 is 114 Å². The molecule has 19 aromatic rings. The summed E-state index contributed by atoms with van der Waals surface area (Å²) in [5.41, 5.74) is -10.2. The van der Waals surface area contributed by atoms with Gasteiger partial charge in [-0.15, -0.1) is 0 Å². The Balaban J connectivity index is 1.02. The van der Waals surface area contributed by atoms with E-state index < -0.39 is 220 Å². The molecule has 5 heterocycles. The topological polar surface area (TPSA) is 637 Å². The highest BCUT2D eigenvalue weighted by Gasteiger charge is 2.35. The summed E-state index contributed by atoms with van der Waals surface area (Å²) in [4.78, 5) is 237. The van der Waals surface area contributed by atoms with Crippen LogP contribution in [0.1, 0.15) is 22.8 Å². The summed E-state index contributed by atoms with van der Waals surface area (Å²) in [6, 6.07) is 67.7. The Morgan fingerprint density at radius 2 is 0.347 bits per heavy atom. The molecule has 44 heteroatoms. The second kappa shape index (κ2) is 36.0. The molecule has 21 rings (SSSR count). The van der Waals surface area contributed by atoms with Crippen LogP contribution in [0, 0.1) is 0 Å². The average Bonchev–Trinajstić information content (AvgIpc) is 1.58. The fourth-order valence-electron chi connectivity index (χ4n) is 19.0. The molecule has 3 aromatic heterocycles. The van der Waals surface area contributed by atoms with Gasteiger partial charge in [-0.2, -0.15) is 0 Å². The molecule has 8 bridgehead atoms. The number of aromatic amines is 2. The highest BCUT2D eigenvalue weighted by Crippen LogP contribution is 2.62. The van der Waals surface area contributed by atoms with Gasteiger partial charge in [0.25, 0.3) is 0 Å². The molecule has 2 aliphatic heterocycles. The standard InChI is InChI=1S/C100H70N4O32P8/c105-137(106,107)129-81-45-33-53-17-1-9-25-61(53)89(81)93-65-29-13-5-21-57(65)49-69(97(93)133-141(117,118)119)85-73-37-39-75(101-73)86(70-50-58-22-6-14-30-66(58)94(98(70)134-142(120,121)122)90-62-26-10-2-18-54(62)34-46-82(90)130-138(108,109)110)77-41-43-79(103-77)88(72-52-60-24-8-16-32-68(60)96(100(72)136-144(126,127)128)92-64-28-12-4-20-56(64)36-48-84(92)132-140(114,115)116)80-44-42-78(104-80)87(76-40-38-74(85)102-76)71-51-59-23-7-15-31-67(59)95(99(71)135-143(123,124)125)91-63-27-11-3-19-55(63)35-47-83(91)131-139(111,112)113/h1-52,101,104H,(H2,105,106,107)(H2,108,109,110)(H2,111,112,113)(H2,114,115,116)(H2,117,118,119)(H2,120,121,122)(H2,123,124,125)(H2,126,127,128)/p-16. The van der Waals surface area contributed by atoms with E-state index in [2.05, 4.69) is 9.97 Å². The number of hydrogen-bond acceptors (Lipinski definition) is 34. The fourth-order valence-corrected chi connectivity index (χ4v) is 22.3. The van der Waals surface area contributed by atoms with Gasteiger partial charge in [-0.3, -0.25) is 0 Å². The van der Waals surface area contributed by atoms with E-state index in [0.717, 1.165) is 24.3 Å². The van der Waals surface area contributed by atoms with Crippen molar-refractivity contribution in [1.82, 2.24) is 19.9 Å². The summed E-state index contributed by atoms with van der Waals surface area (Å²) in [5, 5.41) is 1.28. The van der Waals surface area contributed by atoms with Crippen molar-refractivity contribution in [3.8, 4) is 135 Å². The van der Waals surface area contributed by atoms with Crippen molar-refractivity contribution in [2.24, 2.45) is 0 Å². The van der Waals surface area contributed by atoms with E-state index in [4.69, 9.17) is 46.2 Å². The summed E-state index contributed by atoms with van der Waals surface area (Å²) in [6.07, 6.45) is 5.05. The zero-order valence-electron chi connectivity index (χ0n) is 72.6. The van der Waals surface area contributed by atoms with Gasteiger partial charge in [0, 0.05) is 111 Å². The van der Waals surface area contributed by atoms with E-state index in [9.17, 15) is 115 Å². The Labute approximate surface area is 810 Å². The molecule has 0 amide bonds. The normalized spacial score (nSPS) is 12.9. The van der Waals surface area contributed by atoms with Crippen molar-refractivity contribution in [1.29, 1.82) is 0 Å². The van der Waals surface area contributed by atoms with Crippen molar-refractivity contribution in [2.75, 3.05) is 0 Å². The van der Waals surface area contributed by atoms with Gasteiger partial charge in [-0.05, 0) is 183 Å². The third kappa shape index (κ3) is 18.9. The molecule has 2 N–H and O–H groups in total. The molecule has 722 valence electrons. The van der Waals surface area contributed by atoms with Crippen molar-refractivity contribution in [2.45, 2.75) is 0 Å². The van der Waals surface area contributed by atoms with Crippen LogP contribution in [0.3, 0.4) is 0 Å². The zero-order valence-corrected chi connectivity index (χ0v) is 79.7. The molecular weight excluding hydrogens is 2020 g/mol. The van der Waals surface area contributed by atoms with Crippen LogP contribution in [0.4, 0.5) is 0 Å². The quantitative estimate of drug-likeness (QED) is 0.0531. The zero-order chi connectivity index (χ0) is 101. The first-order valence-electron chi connectivity index (χ1n) is 42.6. The number of fused-ring (bicyclic) bond motifs is 16. The average molecular weight is 2070 g/mol. The Kier molecular flexibility index (Phi) is 24.0. The third-order valence-corrected chi connectivity index (χ3v) is 27.4. The molecule has 0 fully saturated rings. The van der Waals surface area contributed by atoms with Crippen molar-refractivity contribution >= 4 is 195 Å². The number of benzene rings is 16. The van der Waals surface area contributed by atoms with Crippen LogP contribution in [-0.4, -0.2) is 19.9 Å². The molecule has 144 heavy (non-hydrogen) atoms. The maximum atomic E-state index is 14.3. The van der Waals surface area contributed by atoms with E-state index >= 15 is 0 Å². The predicted molar refractivity (Wildman–Crippen MR) is 508 cm³/mol. The molecule has 0 saturated carbocycles. The Hall–Kier alpha value is -14.2. The second-order valence-corrected chi connectivity index (χ2v) is 41.5. The Morgan fingerprint density at radius 1 is 0.181 bits per heavy atom. The lowest BCUT2D eigenvalue weighted by Crippen LogP contribution is -2.20. The summed E-state index contributed by atoms with van der Waals surface area (Å²) < 4.78 is 154. The van der Waals surface area contributed by atoms with Crippen molar-refractivity contribution in [3.63, 3.8) is 0 Å². The number of H-pyrrole nitrogens is 2. The van der Waals surface area contributed by atoms with Gasteiger partial charge in [0.1, 0.15) is 109 Å². The molecule has 0 atom stereocenters. The Bertz CT molecular complexity index is 8410. The molecule has 0 aliphatic carbocycles. The number of nitrogens with zero attached hydrogens (tertiary/aromatic N) is 2. The lowest BCUT2D eigenvalue weighted by molar-refractivity contribution is -0.335. The maximum absolute atomic E-state index is 14.3. The first kappa shape index (κ1) is 96.0. The van der Waals surface area contributed by atoms with Gasteiger partial charge in [-0.1, -0.05) is 218 Å². The monoisotopic (exact) mass is 2070 g/mol. The number of phosphoric acid groups is 8. The Morgan fingerprint density at radius 3 is 0.528 bits per heavy atom. The lowest BCUT2D eigenvalue weighted by atomic mass is 9.88. The first-order chi connectivity index (χ1) is 68.4. The largest absolute Gasteiger partial charge is 0.780 e. The summed E-state index contributed by atoms with van der Waals surface area (Å²) in [5.74, 6) is -6.95. The predicted octanol–water partition coefficient (Wildman–Crippen LogP) is 12.9. The highest BCUT2D eigenvalue weighted by molar-refractivity contribution is 7.45. The van der Waals surface area contributed by atoms with Crippen LogP contribution in [0.5, 0.6) is 46.0 Å². The third-order valence-electron chi connectivity index (χ3n) is 24.1. The van der Waals surface area contributed by atoms with Gasteiger partial charge < -0.3 is 161 Å². The fraction of sp³-hybridized carbons (Fsp3) is 0. The van der Waals surface area contributed by atoms with E-state index in [0.29, 0.717) is 0 Å². The number of hydrogen-bond donors (Lipinski definition) is 2. The molecular formula is C100H54N4O32P8-16. The summed E-state index contributed by atoms with van der Waals surface area (Å²) in [7, 11) is -51.3. The first-order valence-corrected chi connectivity index (χ1v) is 54.3. The number of aromatic nitrogens is 4. The van der Waals surface area contributed by atoms with Gasteiger partial charge in [-0.25, -0.2) is 9.97 Å². The smallest absolute Gasteiger partial charge is 0.140 e. The van der Waals surface area contributed by atoms with E-state index in [1.165, 1.54) is 243 Å². The minimum absolute atomic E-state index is 0.0197. The summed E-state index contributed by atoms with van der Waals surface area (Å²) >= 11 is 0. The second-order valence-electron chi connectivity index (χ2n) is 32.8. The van der Waals surface area contributed by atoms with Crippen molar-refractivity contribution < 1.29 is 151 Å². The number of nitrogens with one attached hydrogen (secondary N) is 2.